The molecule has 0 aliphatic rings. The molecule has 0 atom stereocenters. The highest BCUT2D eigenvalue weighted by molar-refractivity contribution is 6.29. The van der Waals surface area contributed by atoms with E-state index in [4.69, 9.17) is 0 Å². The van der Waals surface area contributed by atoms with Crippen molar-refractivity contribution in [1.29, 1.82) is 0 Å². The predicted octanol–water partition coefficient (Wildman–Crippen LogP) is 12.0. The predicted molar refractivity (Wildman–Crippen MR) is 213 cm³/mol. The third-order valence-electron chi connectivity index (χ3n) is 10.5. The van der Waals surface area contributed by atoms with Crippen molar-refractivity contribution >= 4 is 65.4 Å². The van der Waals surface area contributed by atoms with E-state index in [1.807, 2.05) is 12.4 Å². The summed E-state index contributed by atoms with van der Waals surface area (Å²) in [6, 6.07) is 61.4. The van der Waals surface area contributed by atoms with Crippen LogP contribution in [0.4, 0.5) is 0 Å². The highest BCUT2D eigenvalue weighted by atomic mass is 15.0. The second kappa shape index (κ2) is 10.8. The number of hydrogen-bond donors (Lipinski definition) is 0. The zero-order chi connectivity index (χ0) is 33.5. The lowest BCUT2D eigenvalue weighted by atomic mass is 10.00. The highest BCUT2D eigenvalue weighted by Gasteiger charge is 2.21. The quantitative estimate of drug-likeness (QED) is 0.186. The van der Waals surface area contributed by atoms with Crippen LogP contribution in [-0.2, 0) is 0 Å². The largest absolute Gasteiger partial charge is 0.309 e. The second-order valence-corrected chi connectivity index (χ2v) is 13.2. The zero-order valence-electron chi connectivity index (χ0n) is 27.6. The molecule has 0 spiro atoms. The van der Waals surface area contributed by atoms with E-state index < -0.39 is 0 Å². The maximum Gasteiger partial charge on any atom is 0.0724 e. The molecule has 4 nitrogen and oxygen atoms in total. The molecule has 0 saturated carbocycles. The second-order valence-electron chi connectivity index (χ2n) is 13.2. The molecular formula is C47H30N4. The van der Waals surface area contributed by atoms with Gasteiger partial charge in [0, 0.05) is 55.6 Å². The molecule has 0 N–H and O–H groups in total. The summed E-state index contributed by atoms with van der Waals surface area (Å²) in [7, 11) is 0. The smallest absolute Gasteiger partial charge is 0.0724 e. The van der Waals surface area contributed by atoms with Gasteiger partial charge in [-0.3, -0.25) is 4.98 Å². The molecule has 0 saturated heterocycles. The first-order chi connectivity index (χ1) is 25.3. The molecule has 11 rings (SSSR count). The first kappa shape index (κ1) is 28.0. The summed E-state index contributed by atoms with van der Waals surface area (Å²) in [6.45, 7) is 0. The molecule has 4 heterocycles. The molecule has 4 aromatic heterocycles. The third-order valence-corrected chi connectivity index (χ3v) is 10.5. The lowest BCUT2D eigenvalue weighted by Gasteiger charge is -2.10. The van der Waals surface area contributed by atoms with Crippen LogP contribution in [0.2, 0.25) is 0 Å². The molecule has 238 valence electrons. The van der Waals surface area contributed by atoms with Crippen molar-refractivity contribution < 1.29 is 0 Å². The Balaban J connectivity index is 1.20. The fourth-order valence-electron chi connectivity index (χ4n) is 8.36. The van der Waals surface area contributed by atoms with Crippen molar-refractivity contribution in [2.24, 2.45) is 0 Å². The van der Waals surface area contributed by atoms with Crippen LogP contribution < -0.4 is 0 Å². The molecule has 0 aliphatic carbocycles. The Morgan fingerprint density at radius 2 is 0.804 bits per heavy atom. The van der Waals surface area contributed by atoms with Crippen molar-refractivity contribution in [2.45, 2.75) is 0 Å². The SMILES string of the molecule is c1ccc(-n2c3ccc(-c4ccc5c6c7c8ccccc8n(-c8ccccc8)c7ccc6n(-c6ccccc6)c5c4)cc3c3ccncc32)cc1. The Bertz CT molecular complexity index is 3110. The summed E-state index contributed by atoms with van der Waals surface area (Å²) >= 11 is 0. The summed E-state index contributed by atoms with van der Waals surface area (Å²) in [6.07, 6.45) is 3.87. The first-order valence-electron chi connectivity index (χ1n) is 17.4. The van der Waals surface area contributed by atoms with Gasteiger partial charge in [0.25, 0.3) is 0 Å². The molecule has 4 heteroatoms. The highest BCUT2D eigenvalue weighted by Crippen LogP contribution is 2.43. The molecule has 51 heavy (non-hydrogen) atoms. The molecule has 0 radical (unpaired) electrons. The minimum atomic E-state index is 1.11. The molecule has 0 unspecified atom stereocenters. The summed E-state index contributed by atoms with van der Waals surface area (Å²) in [5.41, 5.74) is 12.9. The average Bonchev–Trinajstić information content (AvgIpc) is 3.84. The van der Waals surface area contributed by atoms with Crippen LogP contribution in [0.1, 0.15) is 0 Å². The Hall–Kier alpha value is -6.91. The van der Waals surface area contributed by atoms with E-state index in [0.717, 1.165) is 22.6 Å². The number of benzene rings is 7. The number of fused-ring (bicyclic) bond motifs is 10. The topological polar surface area (TPSA) is 27.7 Å². The molecular weight excluding hydrogens is 621 g/mol. The van der Waals surface area contributed by atoms with Crippen molar-refractivity contribution in [1.82, 2.24) is 18.7 Å². The van der Waals surface area contributed by atoms with E-state index in [1.54, 1.807) is 0 Å². The van der Waals surface area contributed by atoms with Crippen LogP contribution in [0.5, 0.6) is 0 Å². The van der Waals surface area contributed by atoms with E-state index >= 15 is 0 Å². The van der Waals surface area contributed by atoms with Crippen molar-refractivity contribution in [3.8, 4) is 28.2 Å². The fourth-order valence-corrected chi connectivity index (χ4v) is 8.36. The minimum absolute atomic E-state index is 1.11. The van der Waals surface area contributed by atoms with Gasteiger partial charge in [-0.1, -0.05) is 91.0 Å². The average molecular weight is 651 g/mol. The molecule has 0 bridgehead atoms. The maximum atomic E-state index is 4.50. The Morgan fingerprint density at radius 1 is 0.314 bits per heavy atom. The van der Waals surface area contributed by atoms with Crippen molar-refractivity contribution in [2.75, 3.05) is 0 Å². The lowest BCUT2D eigenvalue weighted by Crippen LogP contribution is -1.94. The van der Waals surface area contributed by atoms with Crippen LogP contribution in [0.25, 0.3) is 93.6 Å². The van der Waals surface area contributed by atoms with Gasteiger partial charge in [0.2, 0.25) is 0 Å². The third kappa shape index (κ3) is 4.05. The van der Waals surface area contributed by atoms with Gasteiger partial charge in [0.1, 0.15) is 0 Å². The Kier molecular flexibility index (Phi) is 5.92. The van der Waals surface area contributed by atoms with Crippen LogP contribution in [0.3, 0.4) is 0 Å². The minimum Gasteiger partial charge on any atom is -0.309 e. The van der Waals surface area contributed by atoms with E-state index in [2.05, 4.69) is 189 Å². The van der Waals surface area contributed by atoms with Gasteiger partial charge in [0.05, 0.1) is 39.3 Å². The van der Waals surface area contributed by atoms with E-state index in [1.165, 1.54) is 71.0 Å². The number of nitrogens with zero attached hydrogens (tertiary/aromatic N) is 4. The monoisotopic (exact) mass is 650 g/mol. The summed E-state index contributed by atoms with van der Waals surface area (Å²) in [4.78, 5) is 4.50. The van der Waals surface area contributed by atoms with E-state index in [9.17, 15) is 0 Å². The summed E-state index contributed by atoms with van der Waals surface area (Å²) in [5.74, 6) is 0. The summed E-state index contributed by atoms with van der Waals surface area (Å²) in [5, 5.41) is 7.47. The van der Waals surface area contributed by atoms with Crippen LogP contribution >= 0.6 is 0 Å². The van der Waals surface area contributed by atoms with Gasteiger partial charge in [-0.15, -0.1) is 0 Å². The molecule has 0 amide bonds. The fraction of sp³-hybridized carbons (Fsp3) is 0. The number of para-hydroxylation sites is 4. The van der Waals surface area contributed by atoms with Gasteiger partial charge >= 0.3 is 0 Å². The number of pyridine rings is 1. The molecule has 7 aromatic carbocycles. The van der Waals surface area contributed by atoms with Gasteiger partial charge in [-0.2, -0.15) is 0 Å². The Morgan fingerprint density at radius 3 is 1.47 bits per heavy atom. The van der Waals surface area contributed by atoms with Crippen molar-refractivity contribution in [3.05, 3.63) is 182 Å². The normalized spacial score (nSPS) is 11.9. The van der Waals surface area contributed by atoms with Gasteiger partial charge in [-0.05, 0) is 90.0 Å². The van der Waals surface area contributed by atoms with Gasteiger partial charge in [0.15, 0.2) is 0 Å². The van der Waals surface area contributed by atoms with Crippen LogP contribution in [0, 0.1) is 0 Å². The number of rotatable bonds is 4. The lowest BCUT2D eigenvalue weighted by molar-refractivity contribution is 1.17. The van der Waals surface area contributed by atoms with Crippen molar-refractivity contribution in [3.63, 3.8) is 0 Å². The van der Waals surface area contributed by atoms with Gasteiger partial charge < -0.3 is 13.7 Å². The van der Waals surface area contributed by atoms with Gasteiger partial charge in [-0.25, -0.2) is 0 Å². The number of hydrogen-bond acceptors (Lipinski definition) is 1. The van der Waals surface area contributed by atoms with Crippen LogP contribution in [0.15, 0.2) is 182 Å². The van der Waals surface area contributed by atoms with E-state index in [0.29, 0.717) is 0 Å². The molecule has 0 fully saturated rings. The number of aromatic nitrogens is 4. The van der Waals surface area contributed by atoms with E-state index in [-0.39, 0.29) is 0 Å². The zero-order valence-corrected chi connectivity index (χ0v) is 27.6. The standard InChI is InChI=1S/C47H30N4/c1-4-12-33(13-5-1)49-40-19-11-10-18-37(40)46-42(49)24-25-43-47(46)38-22-20-32(29-44(38)51(43)35-16-8-3-9-17-35)31-21-23-41-39(28-31)36-26-27-48-30-45(36)50(41)34-14-6-2-7-15-34/h1-30H. The maximum absolute atomic E-state index is 4.50. The Labute approximate surface area is 293 Å². The summed E-state index contributed by atoms with van der Waals surface area (Å²) < 4.78 is 7.16. The first-order valence-corrected chi connectivity index (χ1v) is 17.4. The molecule has 11 aromatic rings. The molecule has 0 aliphatic heterocycles. The van der Waals surface area contributed by atoms with Crippen LogP contribution in [-0.4, -0.2) is 18.7 Å².